The number of aryl methyl sites for hydroxylation is 1. The smallest absolute Gasteiger partial charge is 0.335 e. The molecule has 0 saturated carbocycles. The fourth-order valence-corrected chi connectivity index (χ4v) is 1.88. The molecule has 5 heteroatoms. The molecule has 0 fully saturated rings. The summed E-state index contributed by atoms with van der Waals surface area (Å²) in [6, 6.07) is 4.82. The van der Waals surface area contributed by atoms with Crippen LogP contribution in [0.25, 0.3) is 0 Å². The van der Waals surface area contributed by atoms with E-state index >= 15 is 0 Å². The molecule has 0 unspecified atom stereocenters. The molecule has 0 aliphatic carbocycles. The number of ether oxygens (including phenoxy) is 1. The summed E-state index contributed by atoms with van der Waals surface area (Å²) in [5.41, 5.74) is 0.842. The van der Waals surface area contributed by atoms with Gasteiger partial charge in [-0.05, 0) is 43.5 Å². The normalized spacial score (nSPS) is 10.4. The number of hydrogen-bond donors (Lipinski definition) is 2. The monoisotopic (exact) mass is 279 g/mol. The average molecular weight is 279 g/mol. The Balaban J connectivity index is 2.56. The predicted molar refractivity (Wildman–Crippen MR) is 76.1 cm³/mol. The van der Waals surface area contributed by atoms with Crippen LogP contribution in [-0.2, 0) is 4.79 Å². The van der Waals surface area contributed by atoms with Gasteiger partial charge in [-0.2, -0.15) is 0 Å². The minimum atomic E-state index is -0.972. The average Bonchev–Trinajstić information content (AvgIpc) is 2.42. The lowest BCUT2D eigenvalue weighted by Gasteiger charge is -2.15. The molecular formula is C15H21NO4. The summed E-state index contributed by atoms with van der Waals surface area (Å²) in [4.78, 5) is 22.6. The SMILES string of the molecule is CCC(CC)NC(=O)COc1ccc(C(=O)O)c(C)c1. The van der Waals surface area contributed by atoms with Gasteiger partial charge in [0.15, 0.2) is 6.61 Å². The summed E-state index contributed by atoms with van der Waals surface area (Å²) >= 11 is 0. The third-order valence-electron chi connectivity index (χ3n) is 3.15. The van der Waals surface area contributed by atoms with Crippen LogP contribution in [0.2, 0.25) is 0 Å². The topological polar surface area (TPSA) is 75.6 Å². The van der Waals surface area contributed by atoms with E-state index in [1.54, 1.807) is 19.1 Å². The van der Waals surface area contributed by atoms with E-state index in [0.29, 0.717) is 11.3 Å². The first-order valence-corrected chi connectivity index (χ1v) is 6.74. The lowest BCUT2D eigenvalue weighted by atomic mass is 10.1. The van der Waals surface area contributed by atoms with Crippen LogP contribution in [-0.4, -0.2) is 29.6 Å². The molecule has 5 nitrogen and oxygen atoms in total. The third-order valence-corrected chi connectivity index (χ3v) is 3.15. The third kappa shape index (κ3) is 4.57. The Morgan fingerprint density at radius 3 is 2.45 bits per heavy atom. The number of benzene rings is 1. The van der Waals surface area contributed by atoms with Crippen LogP contribution in [0.3, 0.4) is 0 Å². The number of aromatic carboxylic acids is 1. The molecule has 0 bridgehead atoms. The van der Waals surface area contributed by atoms with Gasteiger partial charge >= 0.3 is 5.97 Å². The summed E-state index contributed by atoms with van der Waals surface area (Å²) in [6.07, 6.45) is 1.77. The molecule has 1 amide bonds. The van der Waals surface area contributed by atoms with Crippen LogP contribution in [0, 0.1) is 6.92 Å². The molecule has 110 valence electrons. The second kappa shape index (κ2) is 7.53. The first-order valence-electron chi connectivity index (χ1n) is 6.74. The Morgan fingerprint density at radius 2 is 1.95 bits per heavy atom. The van der Waals surface area contributed by atoms with E-state index in [4.69, 9.17) is 9.84 Å². The Labute approximate surface area is 118 Å². The van der Waals surface area contributed by atoms with E-state index in [2.05, 4.69) is 5.32 Å². The summed E-state index contributed by atoms with van der Waals surface area (Å²) < 4.78 is 5.37. The number of amides is 1. The van der Waals surface area contributed by atoms with E-state index in [-0.39, 0.29) is 24.1 Å². The molecule has 1 rings (SSSR count). The minimum absolute atomic E-state index is 0.0671. The van der Waals surface area contributed by atoms with Crippen molar-refractivity contribution in [1.82, 2.24) is 5.32 Å². The Kier molecular flexibility index (Phi) is 6.03. The molecule has 0 radical (unpaired) electrons. The Hall–Kier alpha value is -2.04. The number of carbonyl (C=O) groups is 2. The minimum Gasteiger partial charge on any atom is -0.484 e. The van der Waals surface area contributed by atoms with Gasteiger partial charge < -0.3 is 15.2 Å². The van der Waals surface area contributed by atoms with Gasteiger partial charge in [0.05, 0.1) is 5.56 Å². The van der Waals surface area contributed by atoms with Crippen molar-refractivity contribution in [3.8, 4) is 5.75 Å². The molecule has 20 heavy (non-hydrogen) atoms. The number of rotatable bonds is 7. The van der Waals surface area contributed by atoms with Gasteiger partial charge in [-0.15, -0.1) is 0 Å². The largest absolute Gasteiger partial charge is 0.484 e. The van der Waals surface area contributed by atoms with Crippen molar-refractivity contribution in [3.63, 3.8) is 0 Å². The van der Waals surface area contributed by atoms with Gasteiger partial charge in [-0.25, -0.2) is 4.79 Å². The van der Waals surface area contributed by atoms with Crippen molar-refractivity contribution >= 4 is 11.9 Å². The lowest BCUT2D eigenvalue weighted by molar-refractivity contribution is -0.123. The molecule has 0 aliphatic rings. The predicted octanol–water partition coefficient (Wildman–Crippen LogP) is 2.38. The molecule has 0 aliphatic heterocycles. The summed E-state index contributed by atoms with van der Waals surface area (Å²) in [7, 11) is 0. The van der Waals surface area contributed by atoms with Crippen molar-refractivity contribution in [2.24, 2.45) is 0 Å². The van der Waals surface area contributed by atoms with Gasteiger partial charge in [0.1, 0.15) is 5.75 Å². The molecular weight excluding hydrogens is 258 g/mol. The fraction of sp³-hybridized carbons (Fsp3) is 0.467. The molecule has 2 N–H and O–H groups in total. The van der Waals surface area contributed by atoms with Gasteiger partial charge in [0.25, 0.3) is 5.91 Å². The van der Waals surface area contributed by atoms with Crippen LogP contribution in [0.1, 0.15) is 42.6 Å². The Morgan fingerprint density at radius 1 is 1.30 bits per heavy atom. The molecule has 0 aromatic heterocycles. The zero-order chi connectivity index (χ0) is 15.1. The molecule has 0 heterocycles. The van der Waals surface area contributed by atoms with Gasteiger partial charge in [-0.1, -0.05) is 13.8 Å². The highest BCUT2D eigenvalue weighted by Crippen LogP contribution is 2.17. The number of nitrogens with one attached hydrogen (secondary N) is 1. The molecule has 1 aromatic rings. The molecule has 1 aromatic carbocycles. The standard InChI is InChI=1S/C15H21NO4/c1-4-11(5-2)16-14(17)9-20-12-6-7-13(15(18)19)10(3)8-12/h6-8,11H,4-5,9H2,1-3H3,(H,16,17)(H,18,19). The van der Waals surface area contributed by atoms with E-state index in [0.717, 1.165) is 12.8 Å². The van der Waals surface area contributed by atoms with E-state index < -0.39 is 5.97 Å². The molecule has 0 spiro atoms. The first kappa shape index (κ1) is 16.0. The maximum Gasteiger partial charge on any atom is 0.335 e. The van der Waals surface area contributed by atoms with Crippen molar-refractivity contribution in [2.45, 2.75) is 39.7 Å². The summed E-state index contributed by atoms with van der Waals surface area (Å²) in [6.45, 7) is 5.66. The van der Waals surface area contributed by atoms with Crippen LogP contribution in [0.5, 0.6) is 5.75 Å². The molecule has 0 atom stereocenters. The lowest BCUT2D eigenvalue weighted by Crippen LogP contribution is -2.37. The van der Waals surface area contributed by atoms with Crippen LogP contribution >= 0.6 is 0 Å². The molecule has 0 saturated heterocycles. The quantitative estimate of drug-likeness (QED) is 0.803. The maximum absolute atomic E-state index is 11.7. The number of carbonyl (C=O) groups excluding carboxylic acids is 1. The number of carboxylic acids is 1. The fourth-order valence-electron chi connectivity index (χ4n) is 1.88. The second-order valence-corrected chi connectivity index (χ2v) is 4.65. The van der Waals surface area contributed by atoms with Crippen LogP contribution in [0.4, 0.5) is 0 Å². The highest BCUT2D eigenvalue weighted by atomic mass is 16.5. The van der Waals surface area contributed by atoms with Crippen molar-refractivity contribution < 1.29 is 19.4 Å². The van der Waals surface area contributed by atoms with Crippen molar-refractivity contribution in [3.05, 3.63) is 29.3 Å². The second-order valence-electron chi connectivity index (χ2n) is 4.65. The Bertz CT molecular complexity index is 481. The van der Waals surface area contributed by atoms with Crippen molar-refractivity contribution in [2.75, 3.05) is 6.61 Å². The van der Waals surface area contributed by atoms with Crippen LogP contribution < -0.4 is 10.1 Å². The van der Waals surface area contributed by atoms with Gasteiger partial charge in [0.2, 0.25) is 0 Å². The van der Waals surface area contributed by atoms with Gasteiger partial charge in [0, 0.05) is 6.04 Å². The number of carboxylic acid groups (broad SMARTS) is 1. The highest BCUT2D eigenvalue weighted by molar-refractivity contribution is 5.89. The first-order chi connectivity index (χ1) is 9.47. The number of hydrogen-bond acceptors (Lipinski definition) is 3. The van der Waals surface area contributed by atoms with E-state index in [1.165, 1.54) is 6.07 Å². The summed E-state index contributed by atoms with van der Waals surface area (Å²) in [5.74, 6) is -0.647. The zero-order valence-corrected chi connectivity index (χ0v) is 12.1. The van der Waals surface area contributed by atoms with Crippen LogP contribution in [0.15, 0.2) is 18.2 Å². The van der Waals surface area contributed by atoms with Crippen molar-refractivity contribution in [1.29, 1.82) is 0 Å². The van der Waals surface area contributed by atoms with Gasteiger partial charge in [-0.3, -0.25) is 4.79 Å². The maximum atomic E-state index is 11.7. The summed E-state index contributed by atoms with van der Waals surface area (Å²) in [5, 5.41) is 11.8. The highest BCUT2D eigenvalue weighted by Gasteiger charge is 2.10. The van der Waals surface area contributed by atoms with E-state index in [9.17, 15) is 9.59 Å². The zero-order valence-electron chi connectivity index (χ0n) is 12.1. The van der Waals surface area contributed by atoms with E-state index in [1.807, 2.05) is 13.8 Å².